The molecule has 0 bridgehead atoms. The molecule has 7 nitrogen and oxygen atoms in total. The number of hydrogen-bond acceptors (Lipinski definition) is 5. The van der Waals surface area contributed by atoms with Gasteiger partial charge in [-0.05, 0) is 62.4 Å². The highest BCUT2D eigenvalue weighted by atomic mass is 35.5. The minimum atomic E-state index is -3.68. The van der Waals surface area contributed by atoms with E-state index in [0.29, 0.717) is 6.54 Å². The van der Waals surface area contributed by atoms with Crippen LogP contribution in [0, 0.1) is 5.92 Å². The molecule has 0 radical (unpaired) electrons. The molecule has 1 aromatic rings. The zero-order valence-electron chi connectivity index (χ0n) is 13.7. The van der Waals surface area contributed by atoms with E-state index in [4.69, 9.17) is 5.73 Å². The van der Waals surface area contributed by atoms with Crippen LogP contribution in [-0.4, -0.2) is 35.5 Å². The highest BCUT2D eigenvalue weighted by Crippen LogP contribution is 2.27. The number of sulfonamides is 2. The third-order valence-corrected chi connectivity index (χ3v) is 7.65. The second-order valence-electron chi connectivity index (χ2n) is 6.52. The summed E-state index contributed by atoms with van der Waals surface area (Å²) in [6.07, 6.45) is 4.35. The number of rotatable bonds is 7. The van der Waals surface area contributed by atoms with Crippen molar-refractivity contribution >= 4 is 32.5 Å². The SMILES string of the molecule is Cl.NCC1CCCC1NS(=O)(=O)c1ccc(S(=O)(=O)NC2CC2)cc1. The maximum absolute atomic E-state index is 12.5. The summed E-state index contributed by atoms with van der Waals surface area (Å²) < 4.78 is 54.5. The van der Waals surface area contributed by atoms with Gasteiger partial charge in [0.25, 0.3) is 0 Å². The van der Waals surface area contributed by atoms with Crippen LogP contribution in [0.15, 0.2) is 34.1 Å². The average Bonchev–Trinajstić information content (AvgIpc) is 3.23. The van der Waals surface area contributed by atoms with E-state index in [0.717, 1.165) is 32.1 Å². The molecule has 0 heterocycles. The molecule has 10 heteroatoms. The number of benzene rings is 1. The van der Waals surface area contributed by atoms with Crippen molar-refractivity contribution in [3.05, 3.63) is 24.3 Å². The predicted octanol–water partition coefficient (Wildman–Crippen LogP) is 0.955. The van der Waals surface area contributed by atoms with Crippen LogP contribution in [0.25, 0.3) is 0 Å². The Kier molecular flexibility index (Phi) is 6.50. The van der Waals surface area contributed by atoms with Crippen molar-refractivity contribution in [2.75, 3.05) is 6.54 Å². The molecule has 2 aliphatic rings. The Morgan fingerprint density at radius 2 is 1.40 bits per heavy atom. The third-order valence-electron chi connectivity index (χ3n) is 4.61. The zero-order valence-corrected chi connectivity index (χ0v) is 16.2. The van der Waals surface area contributed by atoms with Crippen molar-refractivity contribution in [1.82, 2.24) is 9.44 Å². The highest BCUT2D eigenvalue weighted by molar-refractivity contribution is 7.90. The summed E-state index contributed by atoms with van der Waals surface area (Å²) in [6.45, 7) is 0.456. The van der Waals surface area contributed by atoms with Crippen LogP contribution >= 0.6 is 12.4 Å². The van der Waals surface area contributed by atoms with Gasteiger partial charge in [-0.1, -0.05) is 6.42 Å². The Balaban J connectivity index is 0.00000225. The smallest absolute Gasteiger partial charge is 0.240 e. The molecule has 0 aliphatic heterocycles. The molecule has 4 N–H and O–H groups in total. The van der Waals surface area contributed by atoms with E-state index in [1.54, 1.807) is 0 Å². The van der Waals surface area contributed by atoms with Crippen molar-refractivity contribution < 1.29 is 16.8 Å². The van der Waals surface area contributed by atoms with E-state index in [9.17, 15) is 16.8 Å². The highest BCUT2D eigenvalue weighted by Gasteiger charge is 2.31. The normalized spacial score (nSPS) is 24.0. The largest absolute Gasteiger partial charge is 0.330 e. The van der Waals surface area contributed by atoms with Gasteiger partial charge in [-0.2, -0.15) is 0 Å². The molecule has 0 spiro atoms. The molecule has 3 rings (SSSR count). The van der Waals surface area contributed by atoms with E-state index >= 15 is 0 Å². The fourth-order valence-electron chi connectivity index (χ4n) is 3.03. The molecule has 2 atom stereocenters. The minimum absolute atomic E-state index is 0. The maximum Gasteiger partial charge on any atom is 0.240 e. The van der Waals surface area contributed by atoms with Gasteiger partial charge in [-0.25, -0.2) is 26.3 Å². The lowest BCUT2D eigenvalue weighted by molar-refractivity contribution is 0.453. The molecule has 0 amide bonds. The van der Waals surface area contributed by atoms with Crippen LogP contribution in [0.4, 0.5) is 0 Å². The van der Waals surface area contributed by atoms with Crippen LogP contribution < -0.4 is 15.2 Å². The Bertz CT molecular complexity index is 793. The molecule has 1 aromatic carbocycles. The van der Waals surface area contributed by atoms with Crippen LogP contribution in [0.1, 0.15) is 32.1 Å². The second-order valence-corrected chi connectivity index (χ2v) is 9.95. The topological polar surface area (TPSA) is 118 Å². The van der Waals surface area contributed by atoms with Crippen LogP contribution in [-0.2, 0) is 20.0 Å². The first-order valence-electron chi connectivity index (χ1n) is 8.16. The molecule has 2 fully saturated rings. The lowest BCUT2D eigenvalue weighted by Gasteiger charge is -2.19. The first kappa shape index (κ1) is 20.6. The summed E-state index contributed by atoms with van der Waals surface area (Å²) in [6, 6.07) is 5.17. The molecule has 2 unspecified atom stereocenters. The summed E-state index contributed by atoms with van der Waals surface area (Å²) in [5, 5.41) is 0. The predicted molar refractivity (Wildman–Crippen MR) is 97.5 cm³/mol. The van der Waals surface area contributed by atoms with E-state index in [1.165, 1.54) is 24.3 Å². The Morgan fingerprint density at radius 1 is 0.880 bits per heavy atom. The maximum atomic E-state index is 12.5. The zero-order chi connectivity index (χ0) is 17.4. The fraction of sp³-hybridized carbons (Fsp3) is 0.600. The lowest BCUT2D eigenvalue weighted by Crippen LogP contribution is -2.39. The molecule has 2 saturated carbocycles. The van der Waals surface area contributed by atoms with Crippen molar-refractivity contribution in [1.29, 1.82) is 0 Å². The molecule has 0 saturated heterocycles. The fourth-order valence-corrected chi connectivity index (χ4v) is 5.67. The number of hydrogen-bond donors (Lipinski definition) is 3. The summed E-state index contributed by atoms with van der Waals surface area (Å²) in [5.74, 6) is 0.155. The van der Waals surface area contributed by atoms with Gasteiger partial charge in [-0.15, -0.1) is 12.4 Å². The summed E-state index contributed by atoms with van der Waals surface area (Å²) in [7, 11) is -7.26. The van der Waals surface area contributed by atoms with Gasteiger partial charge in [0.1, 0.15) is 0 Å². The number of nitrogens with one attached hydrogen (secondary N) is 2. The third kappa shape index (κ3) is 4.93. The summed E-state index contributed by atoms with van der Waals surface area (Å²) in [4.78, 5) is 0.143. The van der Waals surface area contributed by atoms with Gasteiger partial charge in [0, 0.05) is 12.1 Å². The first-order chi connectivity index (χ1) is 11.3. The van der Waals surface area contributed by atoms with Crippen molar-refractivity contribution in [3.8, 4) is 0 Å². The van der Waals surface area contributed by atoms with Gasteiger partial charge >= 0.3 is 0 Å². The van der Waals surface area contributed by atoms with Gasteiger partial charge in [-0.3, -0.25) is 0 Å². The standard InChI is InChI=1S/C15H23N3O4S2.ClH/c16-10-11-2-1-3-15(11)18-24(21,22)14-8-6-13(7-9-14)23(19,20)17-12-4-5-12;/h6-9,11-12,15,17-18H,1-5,10,16H2;1H. The molecule has 2 aliphatic carbocycles. The number of nitrogens with two attached hydrogens (primary N) is 1. The minimum Gasteiger partial charge on any atom is -0.330 e. The average molecular weight is 410 g/mol. The lowest BCUT2D eigenvalue weighted by atomic mass is 10.1. The van der Waals surface area contributed by atoms with Gasteiger partial charge < -0.3 is 5.73 Å². The quantitative estimate of drug-likeness (QED) is 0.619. The van der Waals surface area contributed by atoms with Gasteiger partial charge in [0.15, 0.2) is 0 Å². The first-order valence-corrected chi connectivity index (χ1v) is 11.1. The van der Waals surface area contributed by atoms with Crippen LogP contribution in [0.5, 0.6) is 0 Å². The molecule has 25 heavy (non-hydrogen) atoms. The summed E-state index contributed by atoms with van der Waals surface area (Å²) >= 11 is 0. The number of halogens is 1. The Morgan fingerprint density at radius 3 is 1.88 bits per heavy atom. The van der Waals surface area contributed by atoms with E-state index in [-0.39, 0.29) is 40.2 Å². The molecular weight excluding hydrogens is 386 g/mol. The Labute approximate surface area is 155 Å². The monoisotopic (exact) mass is 409 g/mol. The van der Waals surface area contributed by atoms with Crippen LogP contribution in [0.2, 0.25) is 0 Å². The molecular formula is C15H24ClN3O4S2. The van der Waals surface area contributed by atoms with Crippen molar-refractivity contribution in [3.63, 3.8) is 0 Å². The molecule has 0 aromatic heterocycles. The summed E-state index contributed by atoms with van der Waals surface area (Å²) in [5.41, 5.74) is 5.69. The van der Waals surface area contributed by atoms with E-state index < -0.39 is 20.0 Å². The van der Waals surface area contributed by atoms with Crippen LogP contribution in [0.3, 0.4) is 0 Å². The van der Waals surface area contributed by atoms with Crippen molar-refractivity contribution in [2.24, 2.45) is 11.7 Å². The van der Waals surface area contributed by atoms with Crippen molar-refractivity contribution in [2.45, 2.75) is 54.0 Å². The van der Waals surface area contributed by atoms with Gasteiger partial charge in [0.2, 0.25) is 20.0 Å². The Hall–Kier alpha value is -0.710. The van der Waals surface area contributed by atoms with Gasteiger partial charge in [0.05, 0.1) is 9.79 Å². The van der Waals surface area contributed by atoms with E-state index in [2.05, 4.69) is 9.44 Å². The van der Waals surface area contributed by atoms with E-state index in [1.807, 2.05) is 0 Å². The molecule has 142 valence electrons. The second kappa shape index (κ2) is 7.89.